The minimum Gasteiger partial charge on any atom is -0.378 e. The Morgan fingerprint density at radius 2 is 2.06 bits per heavy atom. The van der Waals surface area contributed by atoms with E-state index in [1.165, 1.54) is 53.9 Å². The predicted octanol–water partition coefficient (Wildman–Crippen LogP) is 3.97. The number of nitrogens with zero attached hydrogens (tertiary/aromatic N) is 5. The number of halogens is 3. The number of pyridine rings is 1. The van der Waals surface area contributed by atoms with Crippen LogP contribution in [-0.4, -0.2) is 43.9 Å². The molecule has 1 atom stereocenters. The first-order valence-corrected chi connectivity index (χ1v) is 10.5. The number of rotatable bonds is 7. The lowest BCUT2D eigenvalue weighted by Crippen LogP contribution is -2.38. The fourth-order valence-electron chi connectivity index (χ4n) is 3.13. The molecule has 33 heavy (non-hydrogen) atoms. The van der Waals surface area contributed by atoms with Crippen molar-refractivity contribution in [1.82, 2.24) is 30.0 Å². The molecule has 170 valence electrons. The maximum absolute atomic E-state index is 13.7. The highest BCUT2D eigenvalue weighted by atomic mass is 32.1. The molecule has 0 aromatic carbocycles. The number of aromatic nitrogens is 5. The van der Waals surface area contributed by atoms with Crippen LogP contribution in [0.15, 0.2) is 60.5 Å². The summed E-state index contributed by atoms with van der Waals surface area (Å²) in [5.41, 5.74) is 0.588. The summed E-state index contributed by atoms with van der Waals surface area (Å²) in [6, 6.07) is 5.88. The number of carbonyl (C=O) groups is 1. The molecule has 4 aromatic heterocycles. The largest absolute Gasteiger partial charge is 0.412 e. The van der Waals surface area contributed by atoms with E-state index in [0.717, 1.165) is 11.1 Å². The van der Waals surface area contributed by atoms with Gasteiger partial charge in [0, 0.05) is 31.3 Å². The van der Waals surface area contributed by atoms with Gasteiger partial charge in [0.05, 0.1) is 34.6 Å². The Kier molecular flexibility index (Phi) is 6.47. The number of nitrogens with one attached hydrogen (secondary N) is 1. The second kappa shape index (κ2) is 9.46. The van der Waals surface area contributed by atoms with Crippen LogP contribution in [-0.2, 0) is 11.3 Å². The number of ether oxygens (including phenoxy) is 1. The van der Waals surface area contributed by atoms with E-state index in [-0.39, 0.29) is 29.4 Å². The van der Waals surface area contributed by atoms with Crippen LogP contribution in [0.25, 0.3) is 16.5 Å². The normalized spacial score (nSPS) is 12.5. The third-order valence-corrected chi connectivity index (χ3v) is 5.51. The topological polar surface area (TPSA) is 94.8 Å². The predicted molar refractivity (Wildman–Crippen MR) is 114 cm³/mol. The summed E-state index contributed by atoms with van der Waals surface area (Å²) in [5, 5.41) is 8.09. The summed E-state index contributed by atoms with van der Waals surface area (Å²) >= 11 is 1.49. The lowest BCUT2D eigenvalue weighted by atomic mass is 10.1. The molecule has 1 N–H and O–H groups in total. The Labute approximate surface area is 190 Å². The molecule has 0 unspecified atom stereocenters. The zero-order valence-corrected chi connectivity index (χ0v) is 18.0. The summed E-state index contributed by atoms with van der Waals surface area (Å²) in [7, 11) is 1.40. The molecule has 0 aliphatic rings. The van der Waals surface area contributed by atoms with Gasteiger partial charge in [0.1, 0.15) is 0 Å². The van der Waals surface area contributed by atoms with E-state index in [1.54, 1.807) is 6.07 Å². The molecule has 4 heterocycles. The second-order valence-electron chi connectivity index (χ2n) is 6.80. The third kappa shape index (κ3) is 4.91. The molecule has 0 radical (unpaired) electrons. The summed E-state index contributed by atoms with van der Waals surface area (Å²) in [6.45, 7) is -0.0983. The summed E-state index contributed by atoms with van der Waals surface area (Å²) in [5.74, 6) is -0.805. The van der Waals surface area contributed by atoms with E-state index >= 15 is 0 Å². The number of hydrogen-bond acceptors (Lipinski definition) is 7. The van der Waals surface area contributed by atoms with E-state index in [0.29, 0.717) is 5.69 Å². The fraction of sp³-hybridized carbons (Fsp3) is 0.190. The van der Waals surface area contributed by atoms with Gasteiger partial charge in [-0.2, -0.15) is 23.0 Å². The van der Waals surface area contributed by atoms with E-state index in [4.69, 9.17) is 4.74 Å². The lowest BCUT2D eigenvalue weighted by molar-refractivity contribution is -0.155. The molecule has 4 rings (SSSR count). The maximum Gasteiger partial charge on any atom is 0.412 e. The van der Waals surface area contributed by atoms with Crippen LogP contribution in [0.4, 0.5) is 13.2 Å². The minimum absolute atomic E-state index is 0.0832. The first kappa shape index (κ1) is 22.6. The number of alkyl halides is 3. The first-order chi connectivity index (χ1) is 15.9. The van der Waals surface area contributed by atoms with Crippen LogP contribution in [0.2, 0.25) is 0 Å². The third-order valence-electron chi connectivity index (χ3n) is 4.62. The molecule has 12 heteroatoms. The number of methoxy groups -OCH3 is 1. The summed E-state index contributed by atoms with van der Waals surface area (Å²) in [4.78, 5) is 26.2. The first-order valence-electron chi connectivity index (χ1n) is 9.59. The van der Waals surface area contributed by atoms with Gasteiger partial charge < -0.3 is 10.1 Å². The van der Waals surface area contributed by atoms with Gasteiger partial charge in [-0.1, -0.05) is 12.1 Å². The minimum atomic E-state index is -4.73. The Balaban J connectivity index is 1.68. The molecule has 0 saturated carbocycles. The average Bonchev–Trinajstić information content (AvgIpc) is 3.48. The van der Waals surface area contributed by atoms with Gasteiger partial charge in [-0.15, -0.1) is 11.3 Å². The van der Waals surface area contributed by atoms with E-state index in [1.807, 2.05) is 22.8 Å². The van der Waals surface area contributed by atoms with Gasteiger partial charge in [-0.25, -0.2) is 9.97 Å². The van der Waals surface area contributed by atoms with Crippen molar-refractivity contribution in [3.63, 3.8) is 0 Å². The van der Waals surface area contributed by atoms with Crippen LogP contribution in [0, 0.1) is 0 Å². The molecule has 0 aliphatic carbocycles. The average molecular weight is 474 g/mol. The highest BCUT2D eigenvalue weighted by Gasteiger charge is 2.42. The van der Waals surface area contributed by atoms with Crippen molar-refractivity contribution in [3.8, 4) is 16.5 Å². The summed E-state index contributed by atoms with van der Waals surface area (Å²) < 4.78 is 47.5. The van der Waals surface area contributed by atoms with E-state index < -0.39 is 18.1 Å². The Morgan fingerprint density at radius 3 is 2.73 bits per heavy atom. The van der Waals surface area contributed by atoms with Crippen molar-refractivity contribution in [1.29, 1.82) is 0 Å². The van der Waals surface area contributed by atoms with Crippen LogP contribution < -0.4 is 5.32 Å². The second-order valence-corrected chi connectivity index (χ2v) is 7.75. The molecule has 0 saturated heterocycles. The monoisotopic (exact) mass is 474 g/mol. The van der Waals surface area contributed by atoms with Crippen molar-refractivity contribution in [3.05, 3.63) is 77.3 Å². The van der Waals surface area contributed by atoms with Crippen LogP contribution in [0.1, 0.15) is 27.7 Å². The SMILES string of the molecule is COCc1c(C(=O)N[C@H](c2cccnc2)C(F)(F)F)cnn1-c1nccc(-c2cccs2)n1. The molecule has 1 amide bonds. The molecular weight excluding hydrogens is 457 g/mol. The number of amides is 1. The quantitative estimate of drug-likeness (QED) is 0.436. The molecule has 8 nitrogen and oxygen atoms in total. The zero-order chi connectivity index (χ0) is 23.4. The standard InChI is InChI=1S/C21H17F3N6O2S/c1-32-12-16-14(19(31)29-18(21(22,23)24)13-4-2-7-25-10-13)11-27-30(16)20-26-8-6-15(28-20)17-5-3-9-33-17/h2-11,18H,12H2,1H3,(H,29,31)/t18-/m1/s1. The fourth-order valence-corrected chi connectivity index (χ4v) is 3.83. The van der Waals surface area contributed by atoms with Crippen LogP contribution in [0.3, 0.4) is 0 Å². The Morgan fingerprint density at radius 1 is 1.21 bits per heavy atom. The number of hydrogen-bond donors (Lipinski definition) is 1. The van der Waals surface area contributed by atoms with E-state index in [2.05, 4.69) is 20.1 Å². The Hall–Kier alpha value is -3.64. The van der Waals surface area contributed by atoms with Gasteiger partial charge in [0.25, 0.3) is 11.9 Å². The van der Waals surface area contributed by atoms with Crippen molar-refractivity contribution >= 4 is 17.2 Å². The smallest absolute Gasteiger partial charge is 0.378 e. The van der Waals surface area contributed by atoms with Crippen LogP contribution in [0.5, 0.6) is 0 Å². The van der Waals surface area contributed by atoms with Crippen LogP contribution >= 0.6 is 11.3 Å². The zero-order valence-electron chi connectivity index (χ0n) is 17.2. The van der Waals surface area contributed by atoms with Gasteiger partial charge in [0.15, 0.2) is 6.04 Å². The van der Waals surface area contributed by atoms with Gasteiger partial charge in [0.2, 0.25) is 0 Å². The van der Waals surface area contributed by atoms with E-state index in [9.17, 15) is 18.0 Å². The molecule has 0 fully saturated rings. The molecular formula is C21H17F3N6O2S. The maximum atomic E-state index is 13.7. The molecule has 0 spiro atoms. The highest BCUT2D eigenvalue weighted by molar-refractivity contribution is 7.13. The highest BCUT2D eigenvalue weighted by Crippen LogP contribution is 2.33. The number of carbonyl (C=O) groups excluding carboxylic acids is 1. The molecule has 0 aliphatic heterocycles. The van der Waals surface area contributed by atoms with Crippen molar-refractivity contribution < 1.29 is 22.7 Å². The summed E-state index contributed by atoms with van der Waals surface area (Å²) in [6.07, 6.45) is 0.388. The number of thiophene rings is 1. The van der Waals surface area contributed by atoms with Gasteiger partial charge in [-0.05, 0) is 23.6 Å². The lowest BCUT2D eigenvalue weighted by Gasteiger charge is -2.21. The van der Waals surface area contributed by atoms with Gasteiger partial charge >= 0.3 is 6.18 Å². The van der Waals surface area contributed by atoms with Crippen molar-refractivity contribution in [2.75, 3.05) is 7.11 Å². The Bertz CT molecular complexity index is 1230. The molecule has 0 bridgehead atoms. The van der Waals surface area contributed by atoms with Crippen molar-refractivity contribution in [2.24, 2.45) is 0 Å². The van der Waals surface area contributed by atoms with Crippen molar-refractivity contribution in [2.45, 2.75) is 18.8 Å². The van der Waals surface area contributed by atoms with Gasteiger partial charge in [-0.3, -0.25) is 9.78 Å². The molecule has 4 aromatic rings.